The Morgan fingerprint density at radius 3 is 2.45 bits per heavy atom. The van der Waals surface area contributed by atoms with Gasteiger partial charge in [0.2, 0.25) is 17.7 Å². The van der Waals surface area contributed by atoms with Crippen molar-refractivity contribution in [2.75, 3.05) is 33.2 Å². The Morgan fingerprint density at radius 1 is 0.982 bits per heavy atom. The number of esters is 1. The van der Waals surface area contributed by atoms with Crippen LogP contribution in [0.5, 0.6) is 11.8 Å². The normalized spacial score (nSPS) is 18.4. The molecule has 4 aromatic rings. The summed E-state index contributed by atoms with van der Waals surface area (Å²) in [5, 5.41) is 12.8. The van der Waals surface area contributed by atoms with E-state index < -0.39 is 29.3 Å². The molecule has 16 heteroatoms. The van der Waals surface area contributed by atoms with Crippen molar-refractivity contribution in [2.24, 2.45) is 0 Å². The van der Waals surface area contributed by atoms with Crippen molar-refractivity contribution in [3.63, 3.8) is 0 Å². The van der Waals surface area contributed by atoms with Gasteiger partial charge in [-0.05, 0) is 61.4 Å². The van der Waals surface area contributed by atoms with Gasteiger partial charge in [0.05, 0.1) is 49.3 Å². The van der Waals surface area contributed by atoms with E-state index in [1.165, 1.54) is 14.2 Å². The van der Waals surface area contributed by atoms with Crippen molar-refractivity contribution in [1.29, 1.82) is 0 Å². The third-order valence-electron chi connectivity index (χ3n) is 10.4. The second-order valence-electron chi connectivity index (χ2n) is 13.9. The number of nitrogens with zero attached hydrogens (tertiary/aromatic N) is 3. The van der Waals surface area contributed by atoms with E-state index in [1.807, 2.05) is 30.3 Å². The van der Waals surface area contributed by atoms with Crippen LogP contribution in [0.25, 0.3) is 22.5 Å². The number of ether oxygens (including phenoxy) is 3. The number of pyridine rings is 3. The van der Waals surface area contributed by atoms with E-state index in [0.29, 0.717) is 73.0 Å². The molecular formula is C39H41ClF3N7O5. The maximum atomic E-state index is 14.5. The Balaban J connectivity index is 1.12. The molecule has 1 saturated carbocycles. The Hall–Kier alpha value is -4.99. The molecule has 1 amide bonds. The second-order valence-corrected chi connectivity index (χ2v) is 14.3. The molecule has 3 aromatic heterocycles. The monoisotopic (exact) mass is 779 g/mol. The SMILES string of the molecule is COC(=O)C1(NCc2cc(C(F)(F)F)c(N[C@H]3CCc4c(-c5nccc(-c6ccc(CNC[C@@H]7CCC(=O)N7)c(OC)n6)c5Cl)cccc43)nc2OC)CC1. The average molecular weight is 780 g/mol. The number of hydrogen-bond acceptors (Lipinski definition) is 11. The van der Waals surface area contributed by atoms with Gasteiger partial charge in [-0.2, -0.15) is 18.2 Å². The Bertz CT molecular complexity index is 2110. The molecule has 1 aromatic carbocycles. The fourth-order valence-electron chi connectivity index (χ4n) is 7.37. The number of methoxy groups -OCH3 is 3. The molecule has 0 unspecified atom stereocenters. The van der Waals surface area contributed by atoms with Gasteiger partial charge in [-0.3, -0.25) is 19.9 Å². The third kappa shape index (κ3) is 7.91. The van der Waals surface area contributed by atoms with Gasteiger partial charge in [0, 0.05) is 60.5 Å². The first-order chi connectivity index (χ1) is 26.4. The first-order valence-corrected chi connectivity index (χ1v) is 18.4. The molecule has 3 aliphatic rings. The minimum Gasteiger partial charge on any atom is -0.481 e. The quantitative estimate of drug-likeness (QED) is 0.109. The molecule has 0 spiro atoms. The molecule has 1 aliphatic heterocycles. The van der Waals surface area contributed by atoms with Crippen molar-refractivity contribution in [2.45, 2.75) is 75.4 Å². The van der Waals surface area contributed by atoms with Crippen LogP contribution in [-0.4, -0.2) is 66.3 Å². The van der Waals surface area contributed by atoms with E-state index in [9.17, 15) is 22.8 Å². The zero-order chi connectivity index (χ0) is 38.9. The number of carbonyl (C=O) groups is 2. The lowest BCUT2D eigenvalue weighted by atomic mass is 9.98. The first kappa shape index (κ1) is 38.3. The lowest BCUT2D eigenvalue weighted by Gasteiger charge is -2.22. The number of carbonyl (C=O) groups excluding carboxylic acids is 2. The van der Waals surface area contributed by atoms with Crippen LogP contribution in [0.15, 0.2) is 48.7 Å². The number of rotatable bonds is 14. The highest BCUT2D eigenvalue weighted by atomic mass is 35.5. The van der Waals surface area contributed by atoms with Gasteiger partial charge in [-0.1, -0.05) is 35.9 Å². The van der Waals surface area contributed by atoms with Crippen LogP contribution < -0.4 is 30.7 Å². The van der Waals surface area contributed by atoms with E-state index in [1.54, 1.807) is 19.4 Å². The van der Waals surface area contributed by atoms with Crippen molar-refractivity contribution in [3.05, 3.63) is 81.5 Å². The number of amides is 1. The summed E-state index contributed by atoms with van der Waals surface area (Å²) in [4.78, 5) is 37.4. The first-order valence-electron chi connectivity index (χ1n) is 18.0. The molecule has 55 heavy (non-hydrogen) atoms. The Labute approximate surface area is 320 Å². The van der Waals surface area contributed by atoms with Crippen molar-refractivity contribution < 1.29 is 37.0 Å². The molecule has 2 atom stereocenters. The largest absolute Gasteiger partial charge is 0.481 e. The standard InChI is InChI=1S/C39H41ClF3N7O5/c1-53-35-21(18-44-20-23-8-12-31(51)47-23)7-10-30(49-35)27-13-16-45-33(32(27)40)26-6-4-5-25-24(26)9-11-29(25)48-34-28(39(41,42)43)17-22(36(50-34)54-2)19-46-38(14-15-38)37(52)55-3/h4-7,10,13,16-17,23,29,44,46H,8-9,11-12,14-15,18-20H2,1-3H3,(H,47,51)(H,48,50)/t23-,29-/m0/s1. The Kier molecular flexibility index (Phi) is 10.9. The summed E-state index contributed by atoms with van der Waals surface area (Å²) in [6.07, 6.45) is 0.361. The van der Waals surface area contributed by atoms with Gasteiger partial charge in [0.15, 0.2) is 0 Å². The molecule has 12 nitrogen and oxygen atoms in total. The molecule has 4 N–H and O–H groups in total. The lowest BCUT2D eigenvalue weighted by Crippen LogP contribution is -2.39. The maximum absolute atomic E-state index is 14.5. The molecular weight excluding hydrogens is 739 g/mol. The molecule has 2 fully saturated rings. The molecule has 290 valence electrons. The van der Waals surface area contributed by atoms with Crippen molar-refractivity contribution >= 4 is 29.3 Å². The van der Waals surface area contributed by atoms with Crippen LogP contribution in [0.1, 0.15) is 66.0 Å². The van der Waals surface area contributed by atoms with E-state index >= 15 is 0 Å². The fraction of sp³-hybridized carbons (Fsp3) is 0.410. The highest BCUT2D eigenvalue weighted by Gasteiger charge is 2.51. The van der Waals surface area contributed by atoms with E-state index in [-0.39, 0.29) is 35.8 Å². The van der Waals surface area contributed by atoms with Crippen LogP contribution in [-0.2, 0) is 40.0 Å². The highest BCUT2D eigenvalue weighted by molar-refractivity contribution is 6.35. The summed E-state index contributed by atoms with van der Waals surface area (Å²) in [5.74, 6) is -0.301. The third-order valence-corrected chi connectivity index (χ3v) is 10.8. The molecule has 1 saturated heterocycles. The van der Waals surface area contributed by atoms with E-state index in [2.05, 4.69) is 31.2 Å². The summed E-state index contributed by atoms with van der Waals surface area (Å²) in [6.45, 7) is 1.06. The molecule has 0 bridgehead atoms. The van der Waals surface area contributed by atoms with Crippen molar-refractivity contribution in [3.8, 4) is 34.3 Å². The number of aromatic nitrogens is 3. The molecule has 0 radical (unpaired) electrons. The number of fused-ring (bicyclic) bond motifs is 1. The zero-order valence-corrected chi connectivity index (χ0v) is 31.3. The predicted molar refractivity (Wildman–Crippen MR) is 199 cm³/mol. The fourth-order valence-corrected chi connectivity index (χ4v) is 7.68. The van der Waals surface area contributed by atoms with Gasteiger partial charge in [-0.15, -0.1) is 0 Å². The minimum atomic E-state index is -4.73. The molecule has 2 aliphatic carbocycles. The smallest absolute Gasteiger partial charge is 0.419 e. The van der Waals surface area contributed by atoms with Gasteiger partial charge in [0.25, 0.3) is 0 Å². The zero-order valence-electron chi connectivity index (χ0n) is 30.5. The van der Waals surface area contributed by atoms with Crippen LogP contribution >= 0.6 is 11.6 Å². The summed E-state index contributed by atoms with van der Waals surface area (Å²) >= 11 is 7.07. The predicted octanol–water partition coefficient (Wildman–Crippen LogP) is 6.16. The summed E-state index contributed by atoms with van der Waals surface area (Å²) in [6, 6.07) is 11.8. The minimum absolute atomic E-state index is 0.0111. The van der Waals surface area contributed by atoms with Crippen LogP contribution in [0.3, 0.4) is 0 Å². The van der Waals surface area contributed by atoms with Crippen LogP contribution in [0, 0.1) is 0 Å². The lowest BCUT2D eigenvalue weighted by molar-refractivity contribution is -0.144. The summed E-state index contributed by atoms with van der Waals surface area (Å²) in [5.41, 5.74) is 3.39. The number of anilines is 1. The molecule has 4 heterocycles. The Morgan fingerprint density at radius 2 is 1.76 bits per heavy atom. The van der Waals surface area contributed by atoms with Gasteiger partial charge in [0.1, 0.15) is 11.4 Å². The molecule has 7 rings (SSSR count). The number of hydrogen-bond donors (Lipinski definition) is 4. The maximum Gasteiger partial charge on any atom is 0.419 e. The number of nitrogens with one attached hydrogen (secondary N) is 4. The topological polar surface area (TPSA) is 149 Å². The van der Waals surface area contributed by atoms with Crippen molar-refractivity contribution in [1.82, 2.24) is 30.9 Å². The van der Waals surface area contributed by atoms with Crippen LogP contribution in [0.2, 0.25) is 5.02 Å². The van der Waals surface area contributed by atoms with Gasteiger partial charge < -0.3 is 30.2 Å². The van der Waals surface area contributed by atoms with Gasteiger partial charge in [-0.25, -0.2) is 4.98 Å². The summed E-state index contributed by atoms with van der Waals surface area (Å²) in [7, 11) is 4.17. The number of benzene rings is 1. The number of halogens is 4. The van der Waals surface area contributed by atoms with Crippen LogP contribution in [0.4, 0.5) is 19.0 Å². The van der Waals surface area contributed by atoms with Gasteiger partial charge >= 0.3 is 12.1 Å². The second kappa shape index (κ2) is 15.6. The van der Waals surface area contributed by atoms with E-state index in [4.69, 9.17) is 30.8 Å². The summed E-state index contributed by atoms with van der Waals surface area (Å²) < 4.78 is 59.5. The van der Waals surface area contributed by atoms with E-state index in [0.717, 1.165) is 34.7 Å². The number of alkyl halides is 3. The average Bonchev–Trinajstić information content (AvgIpc) is 3.69. The highest BCUT2D eigenvalue weighted by Crippen LogP contribution is 2.45.